The highest BCUT2D eigenvalue weighted by atomic mass is 79.9. The van der Waals surface area contributed by atoms with Crippen LogP contribution in [-0.4, -0.2) is 16.7 Å². The third kappa shape index (κ3) is 2.52. The van der Waals surface area contributed by atoms with Crippen LogP contribution in [0.5, 0.6) is 5.75 Å². The molecule has 3 aromatic rings. The Morgan fingerprint density at radius 1 is 1.29 bits per heavy atom. The number of halogens is 3. The van der Waals surface area contributed by atoms with E-state index in [1.54, 1.807) is 7.11 Å². The molecular formula is C15H11BrCl2N2O. The van der Waals surface area contributed by atoms with Gasteiger partial charge in [0.2, 0.25) is 0 Å². The number of rotatable bonds is 3. The molecule has 21 heavy (non-hydrogen) atoms. The zero-order valence-corrected chi connectivity index (χ0v) is 14.2. The van der Waals surface area contributed by atoms with Crippen LogP contribution in [0.4, 0.5) is 0 Å². The second-order valence-electron chi connectivity index (χ2n) is 4.42. The zero-order valence-electron chi connectivity index (χ0n) is 11.1. The number of ether oxygens (including phenoxy) is 1. The number of alkyl halides is 1. The summed E-state index contributed by atoms with van der Waals surface area (Å²) in [5.41, 5.74) is 2.59. The summed E-state index contributed by atoms with van der Waals surface area (Å²) in [6.07, 6.45) is 0. The van der Waals surface area contributed by atoms with Gasteiger partial charge in [-0.1, -0.05) is 17.7 Å². The van der Waals surface area contributed by atoms with Crippen LogP contribution in [-0.2, 0) is 5.88 Å². The Bertz CT molecular complexity index is 817. The van der Waals surface area contributed by atoms with Crippen LogP contribution in [0.25, 0.3) is 16.7 Å². The highest BCUT2D eigenvalue weighted by molar-refractivity contribution is 9.10. The van der Waals surface area contributed by atoms with E-state index in [1.807, 2.05) is 41.0 Å². The Morgan fingerprint density at radius 3 is 2.81 bits per heavy atom. The molecule has 3 nitrogen and oxygen atoms in total. The number of fused-ring (bicyclic) bond motifs is 1. The maximum atomic E-state index is 6.22. The lowest BCUT2D eigenvalue weighted by molar-refractivity contribution is 0.412. The summed E-state index contributed by atoms with van der Waals surface area (Å²) >= 11 is 15.7. The fourth-order valence-corrected chi connectivity index (χ4v) is 3.08. The third-order valence-corrected chi connectivity index (χ3v) is 4.42. The minimum Gasteiger partial charge on any atom is -0.495 e. The first kappa shape index (κ1) is 14.7. The first-order valence-electron chi connectivity index (χ1n) is 6.21. The van der Waals surface area contributed by atoms with Gasteiger partial charge >= 0.3 is 0 Å². The molecule has 0 radical (unpaired) electrons. The minimum atomic E-state index is 0.295. The number of hydrogen-bond donors (Lipinski definition) is 0. The van der Waals surface area contributed by atoms with E-state index in [2.05, 4.69) is 20.9 Å². The summed E-state index contributed by atoms with van der Waals surface area (Å²) in [5, 5.41) is 0.613. The van der Waals surface area contributed by atoms with Crippen molar-refractivity contribution in [2.75, 3.05) is 7.11 Å². The van der Waals surface area contributed by atoms with Crippen molar-refractivity contribution < 1.29 is 4.74 Å². The molecule has 1 aromatic heterocycles. The third-order valence-electron chi connectivity index (χ3n) is 3.22. The number of nitrogens with zero attached hydrogens (tertiary/aromatic N) is 2. The van der Waals surface area contributed by atoms with E-state index < -0.39 is 0 Å². The summed E-state index contributed by atoms with van der Waals surface area (Å²) in [6.45, 7) is 0. The van der Waals surface area contributed by atoms with Crippen molar-refractivity contribution in [3.8, 4) is 11.4 Å². The summed E-state index contributed by atoms with van der Waals surface area (Å²) in [5.74, 6) is 1.78. The fraction of sp³-hybridized carbons (Fsp3) is 0.133. The van der Waals surface area contributed by atoms with Gasteiger partial charge in [0.05, 0.1) is 33.7 Å². The van der Waals surface area contributed by atoms with Gasteiger partial charge in [0.1, 0.15) is 17.1 Å². The Labute approximate surface area is 140 Å². The van der Waals surface area contributed by atoms with E-state index in [9.17, 15) is 0 Å². The van der Waals surface area contributed by atoms with Gasteiger partial charge in [0.25, 0.3) is 0 Å². The second-order valence-corrected chi connectivity index (χ2v) is 5.95. The van der Waals surface area contributed by atoms with Gasteiger partial charge in [0.15, 0.2) is 0 Å². The predicted molar refractivity (Wildman–Crippen MR) is 89.9 cm³/mol. The van der Waals surface area contributed by atoms with Gasteiger partial charge in [-0.05, 0) is 40.2 Å². The lowest BCUT2D eigenvalue weighted by atomic mass is 10.2. The molecule has 3 rings (SSSR count). The van der Waals surface area contributed by atoms with Crippen molar-refractivity contribution in [3.63, 3.8) is 0 Å². The molecular weight excluding hydrogens is 375 g/mol. The molecule has 0 unspecified atom stereocenters. The second kappa shape index (κ2) is 5.87. The number of hydrogen-bond acceptors (Lipinski definition) is 2. The summed E-state index contributed by atoms with van der Waals surface area (Å²) < 4.78 is 8.23. The average molecular weight is 386 g/mol. The van der Waals surface area contributed by atoms with Crippen molar-refractivity contribution in [3.05, 3.63) is 51.7 Å². The summed E-state index contributed by atoms with van der Waals surface area (Å²) in [4.78, 5) is 4.53. The molecule has 0 saturated carbocycles. The number of imidazole rings is 1. The predicted octanol–water partition coefficient (Wildman–Crippen LogP) is 5.19. The van der Waals surface area contributed by atoms with E-state index in [0.717, 1.165) is 32.8 Å². The van der Waals surface area contributed by atoms with Gasteiger partial charge in [-0.3, -0.25) is 4.57 Å². The van der Waals surface area contributed by atoms with Crippen molar-refractivity contribution in [1.82, 2.24) is 9.55 Å². The smallest absolute Gasteiger partial charge is 0.135 e. The van der Waals surface area contributed by atoms with Gasteiger partial charge in [-0.25, -0.2) is 4.98 Å². The minimum absolute atomic E-state index is 0.295. The molecule has 2 aromatic carbocycles. The maximum absolute atomic E-state index is 6.22. The van der Waals surface area contributed by atoms with Crippen LogP contribution in [0.15, 0.2) is 40.9 Å². The van der Waals surface area contributed by atoms with Gasteiger partial charge < -0.3 is 4.74 Å². The van der Waals surface area contributed by atoms with Crippen molar-refractivity contribution in [1.29, 1.82) is 0 Å². The highest BCUT2D eigenvalue weighted by Crippen LogP contribution is 2.32. The number of methoxy groups -OCH3 is 1. The lowest BCUT2D eigenvalue weighted by Crippen LogP contribution is -2.00. The average Bonchev–Trinajstić information content (AvgIpc) is 2.88. The van der Waals surface area contributed by atoms with E-state index >= 15 is 0 Å². The van der Waals surface area contributed by atoms with Crippen LogP contribution in [0, 0.1) is 0 Å². The molecule has 0 fully saturated rings. The Hall–Kier alpha value is -1.23. The number of aromatic nitrogens is 2. The van der Waals surface area contributed by atoms with Gasteiger partial charge in [0, 0.05) is 6.07 Å². The highest BCUT2D eigenvalue weighted by Gasteiger charge is 2.14. The molecule has 0 aliphatic heterocycles. The normalized spacial score (nSPS) is 11.0. The number of para-hydroxylation sites is 1. The molecule has 0 atom stereocenters. The molecule has 0 bridgehead atoms. The Morgan fingerprint density at radius 2 is 2.10 bits per heavy atom. The van der Waals surface area contributed by atoms with E-state index in [4.69, 9.17) is 27.9 Å². The molecule has 1 heterocycles. The summed E-state index contributed by atoms with van der Waals surface area (Å²) in [7, 11) is 1.63. The van der Waals surface area contributed by atoms with Crippen molar-refractivity contribution in [2.24, 2.45) is 0 Å². The Balaban J connectivity index is 2.31. The van der Waals surface area contributed by atoms with Crippen LogP contribution in [0.2, 0.25) is 5.02 Å². The Kier molecular flexibility index (Phi) is 4.11. The first-order chi connectivity index (χ1) is 10.2. The van der Waals surface area contributed by atoms with E-state index in [1.165, 1.54) is 0 Å². The largest absolute Gasteiger partial charge is 0.495 e. The molecule has 0 aliphatic rings. The van der Waals surface area contributed by atoms with Crippen molar-refractivity contribution in [2.45, 2.75) is 5.88 Å². The fourth-order valence-electron chi connectivity index (χ4n) is 2.28. The van der Waals surface area contributed by atoms with Gasteiger partial charge in [-0.2, -0.15) is 0 Å². The standard InChI is InChI=1S/C15H11BrCl2N2O/c1-21-13-7-9(5-6-10(13)16)20-12-4-2-3-11(18)15(12)19-14(20)8-17/h2-7H,8H2,1H3. The molecule has 108 valence electrons. The maximum Gasteiger partial charge on any atom is 0.135 e. The van der Waals surface area contributed by atoms with Crippen LogP contribution < -0.4 is 4.74 Å². The zero-order chi connectivity index (χ0) is 15.0. The van der Waals surface area contributed by atoms with E-state index in [-0.39, 0.29) is 0 Å². The SMILES string of the molecule is COc1cc(-n2c(CCl)nc3c(Cl)cccc32)ccc1Br. The van der Waals surface area contributed by atoms with Crippen LogP contribution in [0.1, 0.15) is 5.82 Å². The van der Waals surface area contributed by atoms with Crippen LogP contribution >= 0.6 is 39.1 Å². The van der Waals surface area contributed by atoms with Crippen LogP contribution in [0.3, 0.4) is 0 Å². The first-order valence-corrected chi connectivity index (χ1v) is 7.92. The molecule has 0 spiro atoms. The molecule has 0 aliphatic carbocycles. The molecule has 0 saturated heterocycles. The van der Waals surface area contributed by atoms with Crippen molar-refractivity contribution >= 4 is 50.2 Å². The van der Waals surface area contributed by atoms with Gasteiger partial charge in [-0.15, -0.1) is 11.6 Å². The molecule has 0 N–H and O–H groups in total. The van der Waals surface area contributed by atoms with E-state index in [0.29, 0.717) is 10.9 Å². The molecule has 6 heteroatoms. The lowest BCUT2D eigenvalue weighted by Gasteiger charge is -2.10. The topological polar surface area (TPSA) is 27.1 Å². The number of benzene rings is 2. The monoisotopic (exact) mass is 384 g/mol. The molecule has 0 amide bonds. The quantitative estimate of drug-likeness (QED) is 0.580. The summed E-state index contributed by atoms with van der Waals surface area (Å²) in [6, 6.07) is 11.5.